The standard InChI is InChI=1S/C29H24F3N3O5/c1-40-19-12-10-16(11-13-19)26(36)24-23(17-5-2-6-18(15-17)35(38)39)22-9-4-14-34(22)28(24)20-7-3-8-21(29(30,31)32)25(20)33-27(28)37/h2-3,5-8,10-13,15,22-24H,4,9,14H2,1H3,(H,33,37)/t22?,23?,24?,28-/m1/s1. The van der Waals surface area contributed by atoms with Gasteiger partial charge in [-0.2, -0.15) is 13.2 Å². The summed E-state index contributed by atoms with van der Waals surface area (Å²) in [5.41, 5.74) is -2.39. The maximum Gasteiger partial charge on any atom is 0.418 e. The van der Waals surface area contributed by atoms with Gasteiger partial charge in [-0.1, -0.05) is 24.3 Å². The quantitative estimate of drug-likeness (QED) is 0.254. The number of hydrogen-bond acceptors (Lipinski definition) is 6. The van der Waals surface area contributed by atoms with E-state index in [-0.39, 0.29) is 22.5 Å². The first-order valence-electron chi connectivity index (χ1n) is 12.8. The van der Waals surface area contributed by atoms with Gasteiger partial charge in [0.1, 0.15) is 11.3 Å². The lowest BCUT2D eigenvalue weighted by Gasteiger charge is -2.37. The summed E-state index contributed by atoms with van der Waals surface area (Å²) in [6.07, 6.45) is -3.51. The normalized spacial score (nSPS) is 25.5. The minimum Gasteiger partial charge on any atom is -0.497 e. The zero-order chi connectivity index (χ0) is 28.4. The van der Waals surface area contributed by atoms with E-state index >= 15 is 0 Å². The molecule has 3 aromatic carbocycles. The van der Waals surface area contributed by atoms with Crippen LogP contribution in [0.2, 0.25) is 0 Å². The van der Waals surface area contributed by atoms with Crippen LogP contribution < -0.4 is 10.1 Å². The van der Waals surface area contributed by atoms with Crippen molar-refractivity contribution in [3.8, 4) is 5.75 Å². The number of hydrogen-bond donors (Lipinski definition) is 1. The molecule has 0 radical (unpaired) electrons. The molecule has 0 aromatic heterocycles. The third-order valence-corrected chi connectivity index (χ3v) is 8.46. The molecule has 4 atom stereocenters. The second-order valence-corrected chi connectivity index (χ2v) is 10.3. The van der Waals surface area contributed by atoms with E-state index in [9.17, 15) is 32.9 Å². The van der Waals surface area contributed by atoms with Crippen LogP contribution >= 0.6 is 0 Å². The van der Waals surface area contributed by atoms with Gasteiger partial charge in [-0.15, -0.1) is 0 Å². The Hall–Kier alpha value is -4.25. The first kappa shape index (κ1) is 26.0. The molecule has 1 N–H and O–H groups in total. The van der Waals surface area contributed by atoms with Crippen molar-refractivity contribution in [2.75, 3.05) is 19.0 Å². The first-order chi connectivity index (χ1) is 19.1. The van der Waals surface area contributed by atoms with E-state index in [0.717, 1.165) is 6.07 Å². The molecule has 2 saturated heterocycles. The van der Waals surface area contributed by atoms with E-state index in [1.54, 1.807) is 30.3 Å². The van der Waals surface area contributed by atoms with Crippen LogP contribution in [0.5, 0.6) is 5.75 Å². The largest absolute Gasteiger partial charge is 0.497 e. The number of nitrogens with one attached hydrogen (secondary N) is 1. The summed E-state index contributed by atoms with van der Waals surface area (Å²) in [6, 6.07) is 15.5. The molecule has 2 fully saturated rings. The Balaban J connectivity index is 1.62. The SMILES string of the molecule is COc1ccc(C(=O)C2C(c3cccc([N+](=O)[O-])c3)C3CCCN3[C@@]23C(=O)Nc2c(C(F)(F)F)cccc23)cc1. The zero-order valence-corrected chi connectivity index (χ0v) is 21.3. The fourth-order valence-electron chi connectivity index (χ4n) is 6.98. The zero-order valence-electron chi connectivity index (χ0n) is 21.3. The summed E-state index contributed by atoms with van der Waals surface area (Å²) < 4.78 is 47.4. The number of nitro benzene ring substituents is 1. The number of carbonyl (C=O) groups is 2. The van der Waals surface area contributed by atoms with E-state index in [2.05, 4.69) is 5.32 Å². The van der Waals surface area contributed by atoms with E-state index in [1.807, 2.05) is 4.90 Å². The average Bonchev–Trinajstić information content (AvgIpc) is 3.60. The molecule has 0 bridgehead atoms. The summed E-state index contributed by atoms with van der Waals surface area (Å²) in [5, 5.41) is 14.1. The molecule has 3 aliphatic heterocycles. The molecule has 8 nitrogen and oxygen atoms in total. The van der Waals surface area contributed by atoms with Crippen LogP contribution in [-0.4, -0.2) is 41.2 Å². The third kappa shape index (κ3) is 3.64. The number of methoxy groups -OCH3 is 1. The van der Waals surface area contributed by atoms with E-state index in [1.165, 1.54) is 37.4 Å². The predicted octanol–water partition coefficient (Wildman–Crippen LogP) is 5.53. The van der Waals surface area contributed by atoms with Gasteiger partial charge in [-0.3, -0.25) is 24.6 Å². The number of carbonyl (C=O) groups excluding carboxylic acids is 2. The van der Waals surface area contributed by atoms with E-state index in [4.69, 9.17) is 4.74 Å². The number of ether oxygens (including phenoxy) is 1. The molecular formula is C29H24F3N3O5. The number of rotatable bonds is 5. The summed E-state index contributed by atoms with van der Waals surface area (Å²) >= 11 is 0. The number of nitro groups is 1. The van der Waals surface area contributed by atoms with Crippen molar-refractivity contribution in [1.82, 2.24) is 4.90 Å². The highest BCUT2D eigenvalue weighted by Gasteiger charge is 2.70. The number of ketones is 1. The number of anilines is 1. The fraction of sp³-hybridized carbons (Fsp3) is 0.310. The van der Waals surface area contributed by atoms with Gasteiger partial charge >= 0.3 is 6.18 Å². The monoisotopic (exact) mass is 551 g/mol. The van der Waals surface area contributed by atoms with E-state index < -0.39 is 51.8 Å². The number of non-ortho nitro benzene ring substituents is 1. The maximum absolute atomic E-state index is 14.5. The highest BCUT2D eigenvalue weighted by molar-refractivity contribution is 6.13. The number of nitrogens with zero attached hydrogens (tertiary/aromatic N) is 2. The Labute approximate surface area is 226 Å². The minimum atomic E-state index is -4.73. The topological polar surface area (TPSA) is 102 Å². The Bertz CT molecular complexity index is 1540. The number of para-hydroxylation sites is 1. The number of benzene rings is 3. The summed E-state index contributed by atoms with van der Waals surface area (Å²) in [7, 11) is 1.48. The first-order valence-corrected chi connectivity index (χ1v) is 12.8. The Kier molecular flexibility index (Phi) is 5.95. The summed E-state index contributed by atoms with van der Waals surface area (Å²) in [6.45, 7) is 0.381. The Morgan fingerprint density at radius 1 is 1.12 bits per heavy atom. The molecule has 3 aromatic rings. The van der Waals surface area contributed by atoms with Crippen molar-refractivity contribution in [1.29, 1.82) is 0 Å². The molecule has 3 unspecified atom stereocenters. The van der Waals surface area contributed by atoms with Gasteiger partial charge < -0.3 is 10.1 Å². The van der Waals surface area contributed by atoms with Gasteiger partial charge in [0.15, 0.2) is 5.78 Å². The lowest BCUT2D eigenvalue weighted by Crippen LogP contribution is -2.52. The van der Waals surface area contributed by atoms with Gasteiger partial charge in [0.05, 0.1) is 29.2 Å². The van der Waals surface area contributed by atoms with Gasteiger partial charge in [-0.05, 0) is 55.3 Å². The van der Waals surface area contributed by atoms with Crippen LogP contribution in [0.4, 0.5) is 24.5 Å². The van der Waals surface area contributed by atoms with Crippen molar-refractivity contribution in [2.45, 2.75) is 36.5 Å². The van der Waals surface area contributed by atoms with Crippen LogP contribution in [0.3, 0.4) is 0 Å². The molecule has 0 aliphatic carbocycles. The molecule has 1 amide bonds. The van der Waals surface area contributed by atoms with Gasteiger partial charge in [-0.25, -0.2) is 0 Å². The van der Waals surface area contributed by atoms with Crippen LogP contribution in [0.1, 0.15) is 45.8 Å². The molecule has 206 valence electrons. The van der Waals surface area contributed by atoms with Crippen molar-refractivity contribution in [3.05, 3.63) is 99.1 Å². The third-order valence-electron chi connectivity index (χ3n) is 8.46. The highest BCUT2D eigenvalue weighted by Crippen LogP contribution is 2.62. The summed E-state index contributed by atoms with van der Waals surface area (Å²) in [4.78, 5) is 41.5. The average molecular weight is 552 g/mol. The van der Waals surface area contributed by atoms with Gasteiger partial charge in [0.2, 0.25) is 5.91 Å². The molecule has 6 rings (SSSR count). The highest BCUT2D eigenvalue weighted by atomic mass is 19.4. The Morgan fingerprint density at radius 2 is 1.85 bits per heavy atom. The molecule has 3 aliphatic rings. The van der Waals surface area contributed by atoms with Crippen molar-refractivity contribution in [2.24, 2.45) is 5.92 Å². The van der Waals surface area contributed by atoms with Gasteiger partial charge in [0.25, 0.3) is 5.69 Å². The number of alkyl halides is 3. The van der Waals surface area contributed by atoms with Crippen molar-refractivity contribution < 1.29 is 32.4 Å². The maximum atomic E-state index is 14.5. The van der Waals surface area contributed by atoms with Gasteiger partial charge in [0, 0.05) is 35.2 Å². The fourth-order valence-corrected chi connectivity index (χ4v) is 6.98. The number of halogens is 3. The van der Waals surface area contributed by atoms with Crippen LogP contribution in [0.25, 0.3) is 0 Å². The second-order valence-electron chi connectivity index (χ2n) is 10.3. The van der Waals surface area contributed by atoms with Crippen LogP contribution in [0, 0.1) is 16.0 Å². The smallest absolute Gasteiger partial charge is 0.418 e. The van der Waals surface area contributed by atoms with E-state index in [0.29, 0.717) is 30.7 Å². The predicted molar refractivity (Wildman–Crippen MR) is 138 cm³/mol. The lowest BCUT2D eigenvalue weighted by molar-refractivity contribution is -0.384. The molecule has 11 heteroatoms. The second kappa shape index (κ2) is 9.16. The molecular weight excluding hydrogens is 527 g/mol. The number of fused-ring (bicyclic) bond motifs is 4. The number of amides is 1. The molecule has 3 heterocycles. The molecule has 1 spiro atoms. The van der Waals surface area contributed by atoms with Crippen molar-refractivity contribution >= 4 is 23.1 Å². The molecule has 40 heavy (non-hydrogen) atoms. The lowest BCUT2D eigenvalue weighted by atomic mass is 9.68. The number of Topliss-reactive ketones (excluding diaryl/α,β-unsaturated/α-hetero) is 1. The summed E-state index contributed by atoms with van der Waals surface area (Å²) in [5.74, 6) is -2.48. The van der Waals surface area contributed by atoms with Crippen LogP contribution in [0.15, 0.2) is 66.7 Å². The Morgan fingerprint density at radius 3 is 2.52 bits per heavy atom. The molecule has 0 saturated carbocycles. The minimum absolute atomic E-state index is 0.0963. The van der Waals surface area contributed by atoms with Crippen molar-refractivity contribution in [3.63, 3.8) is 0 Å². The van der Waals surface area contributed by atoms with Crippen LogP contribution in [-0.2, 0) is 16.5 Å².